The van der Waals surface area contributed by atoms with Gasteiger partial charge >= 0.3 is 12.0 Å². The zero-order chi connectivity index (χ0) is 13.8. The molecule has 0 radical (unpaired) electrons. The fourth-order valence-corrected chi connectivity index (χ4v) is 2.25. The first kappa shape index (κ1) is 14.8. The Morgan fingerprint density at radius 3 is 2.33 bits per heavy atom. The Balaban J connectivity index is 2.60. The van der Waals surface area contributed by atoms with Gasteiger partial charge in [0.15, 0.2) is 0 Å². The van der Waals surface area contributed by atoms with Gasteiger partial charge in [-0.1, -0.05) is 26.2 Å². The molecule has 0 bridgehead atoms. The summed E-state index contributed by atoms with van der Waals surface area (Å²) in [7, 11) is 1.75. The molecule has 2 amide bonds. The molecule has 104 valence electrons. The van der Waals surface area contributed by atoms with Gasteiger partial charge in [-0.25, -0.2) is 9.59 Å². The van der Waals surface area contributed by atoms with Crippen LogP contribution in [-0.4, -0.2) is 40.6 Å². The summed E-state index contributed by atoms with van der Waals surface area (Å²) in [4.78, 5) is 24.9. The molecule has 1 atom stereocenters. The van der Waals surface area contributed by atoms with E-state index in [0.29, 0.717) is 6.42 Å². The topological polar surface area (TPSA) is 69.6 Å². The van der Waals surface area contributed by atoms with Gasteiger partial charge in [0.25, 0.3) is 0 Å². The Labute approximate surface area is 109 Å². The van der Waals surface area contributed by atoms with Crippen molar-refractivity contribution >= 4 is 12.0 Å². The van der Waals surface area contributed by atoms with Crippen LogP contribution in [0.3, 0.4) is 0 Å². The van der Waals surface area contributed by atoms with Crippen molar-refractivity contribution in [3.8, 4) is 0 Å². The predicted molar refractivity (Wildman–Crippen MR) is 69.5 cm³/mol. The van der Waals surface area contributed by atoms with E-state index in [0.717, 1.165) is 25.7 Å². The minimum absolute atomic E-state index is 0.244. The number of urea groups is 1. The maximum absolute atomic E-state index is 12.1. The maximum Gasteiger partial charge on any atom is 0.329 e. The summed E-state index contributed by atoms with van der Waals surface area (Å²) >= 11 is 0. The Hall–Kier alpha value is -1.26. The third-order valence-electron chi connectivity index (χ3n) is 4.00. The summed E-state index contributed by atoms with van der Waals surface area (Å²) in [6, 6.07) is -0.0395. The number of nitrogens with zero attached hydrogens (tertiary/aromatic N) is 1. The first-order chi connectivity index (χ1) is 8.40. The number of hydrogen-bond donors (Lipinski definition) is 2. The lowest BCUT2D eigenvalue weighted by Crippen LogP contribution is -2.56. The highest BCUT2D eigenvalue weighted by Gasteiger charge is 2.34. The molecule has 18 heavy (non-hydrogen) atoms. The molecular weight excluding hydrogens is 232 g/mol. The van der Waals surface area contributed by atoms with Crippen molar-refractivity contribution in [1.29, 1.82) is 0 Å². The number of hydrogen-bond acceptors (Lipinski definition) is 2. The van der Waals surface area contributed by atoms with Gasteiger partial charge in [-0.15, -0.1) is 0 Å². The molecule has 1 fully saturated rings. The van der Waals surface area contributed by atoms with Crippen LogP contribution in [0, 0.1) is 0 Å². The van der Waals surface area contributed by atoms with Gasteiger partial charge in [-0.2, -0.15) is 0 Å². The molecular formula is C13H24N2O3. The van der Waals surface area contributed by atoms with E-state index >= 15 is 0 Å². The van der Waals surface area contributed by atoms with E-state index in [1.807, 2.05) is 0 Å². The van der Waals surface area contributed by atoms with Crippen LogP contribution in [-0.2, 0) is 4.79 Å². The quantitative estimate of drug-likeness (QED) is 0.810. The zero-order valence-corrected chi connectivity index (χ0v) is 11.5. The molecule has 0 heterocycles. The Morgan fingerprint density at radius 1 is 1.33 bits per heavy atom. The summed E-state index contributed by atoms with van der Waals surface area (Å²) in [5.41, 5.74) is -1.18. The predicted octanol–water partition coefficient (Wildman–Crippen LogP) is 2.21. The van der Waals surface area contributed by atoms with Crippen molar-refractivity contribution in [3.05, 3.63) is 0 Å². The second-order valence-electron chi connectivity index (χ2n) is 5.32. The van der Waals surface area contributed by atoms with Crippen LogP contribution in [0.4, 0.5) is 4.79 Å². The number of carbonyl (C=O) groups is 2. The fraction of sp³-hybridized carbons (Fsp3) is 0.846. The highest BCUT2D eigenvalue weighted by Crippen LogP contribution is 2.22. The average Bonchev–Trinajstić information content (AvgIpc) is 2.38. The van der Waals surface area contributed by atoms with Gasteiger partial charge in [-0.05, 0) is 26.2 Å². The Morgan fingerprint density at radius 2 is 1.89 bits per heavy atom. The van der Waals surface area contributed by atoms with Crippen LogP contribution in [0.1, 0.15) is 52.4 Å². The van der Waals surface area contributed by atoms with Gasteiger partial charge in [0.2, 0.25) is 0 Å². The van der Waals surface area contributed by atoms with Crippen molar-refractivity contribution in [2.45, 2.75) is 64.0 Å². The van der Waals surface area contributed by atoms with Crippen LogP contribution >= 0.6 is 0 Å². The highest BCUT2D eigenvalue weighted by molar-refractivity contribution is 5.85. The first-order valence-electron chi connectivity index (χ1n) is 6.69. The molecule has 2 N–H and O–H groups in total. The molecule has 0 aliphatic heterocycles. The summed E-state index contributed by atoms with van der Waals surface area (Å²) in [5, 5.41) is 11.8. The van der Waals surface area contributed by atoms with E-state index in [1.54, 1.807) is 25.8 Å². The monoisotopic (exact) mass is 256 g/mol. The molecule has 1 unspecified atom stereocenters. The van der Waals surface area contributed by atoms with E-state index in [4.69, 9.17) is 5.11 Å². The lowest BCUT2D eigenvalue weighted by molar-refractivity contribution is -0.143. The van der Waals surface area contributed by atoms with Crippen molar-refractivity contribution in [3.63, 3.8) is 0 Å². The SMILES string of the molecule is CCC(C)(NC(=O)N(C)C1CCCCC1)C(=O)O. The second-order valence-corrected chi connectivity index (χ2v) is 5.32. The lowest BCUT2D eigenvalue weighted by Gasteiger charge is -2.34. The smallest absolute Gasteiger partial charge is 0.329 e. The highest BCUT2D eigenvalue weighted by atomic mass is 16.4. The van der Waals surface area contributed by atoms with E-state index < -0.39 is 11.5 Å². The van der Waals surface area contributed by atoms with Gasteiger partial charge < -0.3 is 15.3 Å². The summed E-state index contributed by atoms with van der Waals surface area (Å²) < 4.78 is 0. The van der Waals surface area contributed by atoms with Crippen molar-refractivity contribution < 1.29 is 14.7 Å². The number of carboxylic acid groups (broad SMARTS) is 1. The summed E-state index contributed by atoms with van der Waals surface area (Å²) in [5.74, 6) is -0.990. The first-order valence-corrected chi connectivity index (χ1v) is 6.69. The van der Waals surface area contributed by atoms with Crippen molar-refractivity contribution in [2.24, 2.45) is 0 Å². The van der Waals surface area contributed by atoms with E-state index in [9.17, 15) is 9.59 Å². The largest absolute Gasteiger partial charge is 0.480 e. The summed E-state index contributed by atoms with van der Waals surface area (Å²) in [6.07, 6.45) is 5.92. The number of nitrogens with one attached hydrogen (secondary N) is 1. The van der Waals surface area contributed by atoms with Gasteiger partial charge in [0.1, 0.15) is 5.54 Å². The molecule has 0 aromatic rings. The molecule has 0 spiro atoms. The maximum atomic E-state index is 12.1. The molecule has 1 rings (SSSR count). The molecule has 0 aromatic carbocycles. The van der Waals surface area contributed by atoms with Crippen molar-refractivity contribution in [1.82, 2.24) is 10.2 Å². The third kappa shape index (κ3) is 3.37. The van der Waals surface area contributed by atoms with Crippen LogP contribution in [0.15, 0.2) is 0 Å². The molecule has 5 nitrogen and oxygen atoms in total. The Kier molecular flexibility index (Phi) is 4.99. The molecule has 0 saturated heterocycles. The molecule has 0 aromatic heterocycles. The molecule has 1 aliphatic rings. The minimum Gasteiger partial charge on any atom is -0.480 e. The zero-order valence-electron chi connectivity index (χ0n) is 11.5. The molecule has 5 heteroatoms. The van der Waals surface area contributed by atoms with E-state index in [1.165, 1.54) is 6.42 Å². The van der Waals surface area contributed by atoms with Gasteiger partial charge in [0.05, 0.1) is 0 Å². The number of rotatable bonds is 4. The van der Waals surface area contributed by atoms with E-state index in [-0.39, 0.29) is 12.1 Å². The van der Waals surface area contributed by atoms with Gasteiger partial charge in [-0.3, -0.25) is 0 Å². The van der Waals surface area contributed by atoms with E-state index in [2.05, 4.69) is 5.32 Å². The normalized spacial score (nSPS) is 19.9. The van der Waals surface area contributed by atoms with Gasteiger partial charge in [0, 0.05) is 13.1 Å². The van der Waals surface area contributed by atoms with Crippen LogP contribution in [0.25, 0.3) is 0 Å². The Bertz CT molecular complexity index is 313. The third-order valence-corrected chi connectivity index (χ3v) is 4.00. The minimum atomic E-state index is -1.18. The van der Waals surface area contributed by atoms with Crippen LogP contribution < -0.4 is 5.32 Å². The van der Waals surface area contributed by atoms with Crippen molar-refractivity contribution in [2.75, 3.05) is 7.05 Å². The fourth-order valence-electron chi connectivity index (χ4n) is 2.25. The van der Waals surface area contributed by atoms with Crippen LogP contribution in [0.5, 0.6) is 0 Å². The summed E-state index contributed by atoms with van der Waals surface area (Å²) in [6.45, 7) is 3.30. The number of aliphatic carboxylic acids is 1. The number of amides is 2. The average molecular weight is 256 g/mol. The number of carboxylic acids is 1. The molecule has 1 saturated carbocycles. The van der Waals surface area contributed by atoms with Crippen LogP contribution in [0.2, 0.25) is 0 Å². The number of carbonyl (C=O) groups excluding carboxylic acids is 1. The standard InChI is InChI=1S/C13H24N2O3/c1-4-13(2,11(16)17)14-12(18)15(3)10-8-6-5-7-9-10/h10H,4-9H2,1-3H3,(H,14,18)(H,16,17). The second kappa shape index (κ2) is 6.07. The molecule has 1 aliphatic carbocycles. The lowest BCUT2D eigenvalue weighted by atomic mass is 9.94.